The Balaban J connectivity index is 1.41. The molecule has 0 saturated carbocycles. The standard InChI is InChI=1S/C28H18ClF4N9O/c29-20-5-7-22(42-16-36-38-39-42)26(27(20)30)18-4-6-21(35-12-18)23(15-40-10-2-1-3-25(40)43)41-14-19(13-37-41)17-8-9-34-24(11-17)28(31,32)33/h1-14,16,23H,15H2. The van der Waals surface area contributed by atoms with Gasteiger partial charge in [-0.25, -0.2) is 4.39 Å². The minimum atomic E-state index is -4.61. The zero-order chi connectivity index (χ0) is 30.1. The molecule has 1 aromatic carbocycles. The van der Waals surface area contributed by atoms with Crippen LogP contribution in [0.3, 0.4) is 0 Å². The van der Waals surface area contributed by atoms with Gasteiger partial charge in [0.05, 0.1) is 29.1 Å². The lowest BCUT2D eigenvalue weighted by atomic mass is 10.0. The fourth-order valence-corrected chi connectivity index (χ4v) is 4.72. The third-order valence-corrected chi connectivity index (χ3v) is 6.95. The van der Waals surface area contributed by atoms with Crippen LogP contribution in [0, 0.1) is 5.82 Å². The van der Waals surface area contributed by atoms with Gasteiger partial charge in [-0.3, -0.25) is 19.4 Å². The molecule has 216 valence electrons. The van der Waals surface area contributed by atoms with E-state index in [9.17, 15) is 18.0 Å². The predicted molar refractivity (Wildman–Crippen MR) is 147 cm³/mol. The molecule has 43 heavy (non-hydrogen) atoms. The monoisotopic (exact) mass is 607 g/mol. The number of tetrazole rings is 1. The zero-order valence-corrected chi connectivity index (χ0v) is 22.5. The molecule has 0 aliphatic carbocycles. The summed E-state index contributed by atoms with van der Waals surface area (Å²) in [5.74, 6) is -0.691. The molecule has 15 heteroatoms. The Bertz CT molecular complexity index is 1950. The van der Waals surface area contributed by atoms with E-state index in [1.54, 1.807) is 42.7 Å². The normalized spacial score (nSPS) is 12.4. The molecule has 0 amide bonds. The highest BCUT2D eigenvalue weighted by Gasteiger charge is 2.32. The van der Waals surface area contributed by atoms with Gasteiger partial charge in [-0.05, 0) is 52.4 Å². The smallest absolute Gasteiger partial charge is 0.313 e. The SMILES string of the molecule is O=c1ccccn1CC(c1ccc(-c2c(-n3cnnn3)ccc(Cl)c2F)cn1)n1cc(-c2ccnc(C(F)(F)F)c2)cn1. The minimum Gasteiger partial charge on any atom is -0.313 e. The second kappa shape index (κ2) is 11.2. The average molecular weight is 608 g/mol. The number of aromatic nitrogens is 9. The predicted octanol–water partition coefficient (Wildman–Crippen LogP) is 5.25. The maximum atomic E-state index is 15.3. The summed E-state index contributed by atoms with van der Waals surface area (Å²) in [5, 5.41) is 15.4. The van der Waals surface area contributed by atoms with Crippen molar-refractivity contribution < 1.29 is 17.6 Å². The van der Waals surface area contributed by atoms with E-state index in [4.69, 9.17) is 11.6 Å². The topological polar surface area (TPSA) is 109 Å². The number of alkyl halides is 3. The molecule has 1 unspecified atom stereocenters. The van der Waals surface area contributed by atoms with E-state index >= 15 is 4.39 Å². The van der Waals surface area contributed by atoms with Gasteiger partial charge in [-0.2, -0.15) is 23.0 Å². The number of nitrogens with zero attached hydrogens (tertiary/aromatic N) is 9. The maximum Gasteiger partial charge on any atom is 0.433 e. The van der Waals surface area contributed by atoms with Crippen molar-refractivity contribution >= 4 is 11.6 Å². The Kier molecular flexibility index (Phi) is 7.27. The first-order valence-corrected chi connectivity index (χ1v) is 13.0. The Morgan fingerprint density at radius 3 is 2.53 bits per heavy atom. The summed E-state index contributed by atoms with van der Waals surface area (Å²) in [4.78, 5) is 20.5. The molecule has 1 atom stereocenters. The van der Waals surface area contributed by atoms with E-state index in [0.29, 0.717) is 22.5 Å². The third-order valence-electron chi connectivity index (χ3n) is 6.66. The maximum absolute atomic E-state index is 15.3. The summed E-state index contributed by atoms with van der Waals surface area (Å²) in [6, 6.07) is 12.7. The number of benzene rings is 1. The van der Waals surface area contributed by atoms with Crippen LogP contribution in [0.4, 0.5) is 17.6 Å². The Labute approximate surface area is 244 Å². The van der Waals surface area contributed by atoms with Crippen molar-refractivity contribution in [1.82, 2.24) is 44.5 Å². The van der Waals surface area contributed by atoms with Crippen LogP contribution in [0.1, 0.15) is 17.4 Å². The number of pyridine rings is 3. The molecule has 5 heterocycles. The molecule has 0 aliphatic rings. The van der Waals surface area contributed by atoms with Gasteiger partial charge in [0.2, 0.25) is 0 Å². The van der Waals surface area contributed by atoms with Crippen molar-refractivity contribution in [3.63, 3.8) is 0 Å². The number of hydrogen-bond acceptors (Lipinski definition) is 7. The van der Waals surface area contributed by atoms with Crippen LogP contribution in [0.25, 0.3) is 27.9 Å². The molecule has 0 aliphatic heterocycles. The molecule has 5 aromatic heterocycles. The first-order chi connectivity index (χ1) is 20.7. The van der Waals surface area contributed by atoms with Gasteiger partial charge < -0.3 is 4.57 Å². The van der Waals surface area contributed by atoms with Crippen molar-refractivity contribution in [2.24, 2.45) is 0 Å². The van der Waals surface area contributed by atoms with Crippen LogP contribution >= 0.6 is 11.6 Å². The number of halogens is 5. The van der Waals surface area contributed by atoms with Gasteiger partial charge in [-0.15, -0.1) is 5.10 Å². The Morgan fingerprint density at radius 1 is 0.953 bits per heavy atom. The van der Waals surface area contributed by atoms with Crippen molar-refractivity contribution in [1.29, 1.82) is 0 Å². The van der Waals surface area contributed by atoms with Gasteiger partial charge in [0, 0.05) is 47.5 Å². The largest absolute Gasteiger partial charge is 0.433 e. The molecule has 6 aromatic rings. The van der Waals surface area contributed by atoms with Crippen LogP contribution in [-0.2, 0) is 12.7 Å². The van der Waals surface area contributed by atoms with E-state index < -0.39 is 23.7 Å². The highest BCUT2D eigenvalue weighted by Crippen LogP contribution is 2.34. The molecule has 0 bridgehead atoms. The third kappa shape index (κ3) is 5.64. The fourth-order valence-electron chi connectivity index (χ4n) is 4.56. The van der Waals surface area contributed by atoms with Crippen molar-refractivity contribution in [2.45, 2.75) is 18.8 Å². The summed E-state index contributed by atoms with van der Waals surface area (Å²) < 4.78 is 59.3. The van der Waals surface area contributed by atoms with Gasteiger partial charge in [0.1, 0.15) is 18.1 Å². The summed E-state index contributed by atoms with van der Waals surface area (Å²) in [7, 11) is 0. The molecule has 0 fully saturated rings. The minimum absolute atomic E-state index is 0.0959. The van der Waals surface area contributed by atoms with Gasteiger partial charge in [-0.1, -0.05) is 23.7 Å². The van der Waals surface area contributed by atoms with E-state index in [0.717, 1.165) is 12.3 Å². The molecule has 6 rings (SSSR count). The molecule has 0 radical (unpaired) electrons. The Hall–Kier alpha value is -5.24. The number of rotatable bonds is 7. The van der Waals surface area contributed by atoms with E-state index in [-0.39, 0.29) is 28.3 Å². The summed E-state index contributed by atoms with van der Waals surface area (Å²) in [6.07, 6.45) is 3.82. The second-order valence-electron chi connectivity index (χ2n) is 9.33. The molecular weight excluding hydrogens is 590 g/mol. The number of hydrogen-bond donors (Lipinski definition) is 0. The highest BCUT2D eigenvalue weighted by atomic mass is 35.5. The van der Waals surface area contributed by atoms with Crippen molar-refractivity contribution in [2.75, 3.05) is 0 Å². The first-order valence-electron chi connectivity index (χ1n) is 12.6. The lowest BCUT2D eigenvalue weighted by Gasteiger charge is -2.19. The summed E-state index contributed by atoms with van der Waals surface area (Å²) >= 11 is 6.08. The molecule has 0 saturated heterocycles. The van der Waals surface area contributed by atoms with Crippen LogP contribution in [0.5, 0.6) is 0 Å². The van der Waals surface area contributed by atoms with Crippen LogP contribution in [0.2, 0.25) is 5.02 Å². The lowest BCUT2D eigenvalue weighted by molar-refractivity contribution is -0.141. The van der Waals surface area contributed by atoms with Crippen LogP contribution in [-0.4, -0.2) is 44.5 Å². The van der Waals surface area contributed by atoms with Crippen molar-refractivity contribution in [3.8, 4) is 27.9 Å². The van der Waals surface area contributed by atoms with Gasteiger partial charge in [0.25, 0.3) is 5.56 Å². The van der Waals surface area contributed by atoms with Gasteiger partial charge in [0.15, 0.2) is 5.82 Å². The lowest BCUT2D eigenvalue weighted by Crippen LogP contribution is -2.26. The quantitative estimate of drug-likeness (QED) is 0.228. The molecule has 0 spiro atoms. The highest BCUT2D eigenvalue weighted by molar-refractivity contribution is 6.31. The van der Waals surface area contributed by atoms with E-state index in [1.165, 1.54) is 50.9 Å². The fraction of sp³-hybridized carbons (Fsp3) is 0.107. The van der Waals surface area contributed by atoms with Crippen molar-refractivity contribution in [3.05, 3.63) is 124 Å². The van der Waals surface area contributed by atoms with Crippen LogP contribution in [0.15, 0.2) is 96.7 Å². The molecule has 10 nitrogen and oxygen atoms in total. The van der Waals surface area contributed by atoms with Gasteiger partial charge >= 0.3 is 6.18 Å². The summed E-state index contributed by atoms with van der Waals surface area (Å²) in [5.41, 5.74) is 0.648. The van der Waals surface area contributed by atoms with E-state index in [1.807, 2.05) is 0 Å². The Morgan fingerprint density at radius 2 is 1.81 bits per heavy atom. The van der Waals surface area contributed by atoms with Crippen LogP contribution < -0.4 is 5.56 Å². The van der Waals surface area contributed by atoms with E-state index in [2.05, 4.69) is 30.6 Å². The molecule has 0 N–H and O–H groups in total. The summed E-state index contributed by atoms with van der Waals surface area (Å²) in [6.45, 7) is 0.0959. The second-order valence-corrected chi connectivity index (χ2v) is 9.73. The zero-order valence-electron chi connectivity index (χ0n) is 21.8. The first kappa shape index (κ1) is 27.9. The average Bonchev–Trinajstić information content (AvgIpc) is 3.71. The molecular formula is C28H18ClF4N9O.